The van der Waals surface area contributed by atoms with Crippen LogP contribution >= 0.6 is 0 Å². The summed E-state index contributed by atoms with van der Waals surface area (Å²) in [6.45, 7) is 9.42. The summed E-state index contributed by atoms with van der Waals surface area (Å²) in [6, 6.07) is 3.76. The van der Waals surface area contributed by atoms with Crippen molar-refractivity contribution < 1.29 is 14.1 Å². The molecule has 0 saturated carbocycles. The van der Waals surface area contributed by atoms with Gasteiger partial charge in [-0.3, -0.25) is 9.78 Å². The molecule has 0 aromatic carbocycles. The summed E-state index contributed by atoms with van der Waals surface area (Å²) >= 11 is 0. The normalized spacial score (nSPS) is 15.9. The predicted octanol–water partition coefficient (Wildman–Crippen LogP) is 2.06. The molecule has 25 heavy (non-hydrogen) atoms. The van der Waals surface area contributed by atoms with Gasteiger partial charge in [0, 0.05) is 43.0 Å². The molecule has 2 aromatic heterocycles. The van der Waals surface area contributed by atoms with Crippen molar-refractivity contribution in [2.24, 2.45) is 0 Å². The van der Waals surface area contributed by atoms with Gasteiger partial charge < -0.3 is 19.5 Å². The number of aromatic nitrogens is 2. The van der Waals surface area contributed by atoms with Gasteiger partial charge in [0.05, 0.1) is 18.9 Å². The highest BCUT2D eigenvalue weighted by molar-refractivity contribution is 5.93. The molecule has 1 atom stereocenters. The number of carbonyl (C=O) groups is 1. The number of carbonyl (C=O) groups excluding carboxylic acids is 1. The molecule has 1 N–H and O–H groups in total. The van der Waals surface area contributed by atoms with E-state index >= 15 is 0 Å². The maximum Gasteiger partial charge on any atom is 0.269 e. The van der Waals surface area contributed by atoms with E-state index in [-0.39, 0.29) is 11.8 Å². The lowest BCUT2D eigenvalue weighted by Crippen LogP contribution is -2.36. The lowest BCUT2D eigenvalue weighted by molar-refractivity contribution is 0.0946. The summed E-state index contributed by atoms with van der Waals surface area (Å²) in [5.74, 6) is 0.748. The van der Waals surface area contributed by atoms with Crippen LogP contribution < -0.4 is 10.2 Å². The predicted molar refractivity (Wildman–Crippen MR) is 94.0 cm³/mol. The first-order valence-electron chi connectivity index (χ1n) is 8.56. The van der Waals surface area contributed by atoms with Crippen molar-refractivity contribution in [3.8, 4) is 0 Å². The van der Waals surface area contributed by atoms with Crippen LogP contribution in [0.25, 0.3) is 0 Å². The number of morpholine rings is 1. The molecule has 7 nitrogen and oxygen atoms in total. The number of nitrogens with one attached hydrogen (secondary N) is 1. The number of anilines is 1. The van der Waals surface area contributed by atoms with Crippen molar-refractivity contribution in [1.82, 2.24) is 15.5 Å². The van der Waals surface area contributed by atoms with E-state index in [0.717, 1.165) is 35.8 Å². The van der Waals surface area contributed by atoms with Gasteiger partial charge in [0.15, 0.2) is 0 Å². The molecule has 1 saturated heterocycles. The third-order valence-corrected chi connectivity index (χ3v) is 4.50. The molecule has 0 aliphatic carbocycles. The second-order valence-electron chi connectivity index (χ2n) is 6.35. The average molecular weight is 344 g/mol. The summed E-state index contributed by atoms with van der Waals surface area (Å²) in [4.78, 5) is 18.9. The third-order valence-electron chi connectivity index (χ3n) is 4.50. The molecule has 3 rings (SSSR count). The van der Waals surface area contributed by atoms with Crippen molar-refractivity contribution in [2.75, 3.05) is 37.7 Å². The quantitative estimate of drug-likeness (QED) is 0.894. The van der Waals surface area contributed by atoms with Crippen LogP contribution in [0.2, 0.25) is 0 Å². The minimum Gasteiger partial charge on any atom is -0.378 e. The Hall–Kier alpha value is -2.41. The molecule has 2 aromatic rings. The van der Waals surface area contributed by atoms with E-state index in [1.54, 1.807) is 6.20 Å². The van der Waals surface area contributed by atoms with Crippen molar-refractivity contribution >= 4 is 11.6 Å². The Morgan fingerprint density at radius 3 is 2.80 bits per heavy atom. The zero-order valence-corrected chi connectivity index (χ0v) is 14.9. The molecule has 7 heteroatoms. The number of amides is 1. The summed E-state index contributed by atoms with van der Waals surface area (Å²) in [6.07, 6.45) is 1.68. The van der Waals surface area contributed by atoms with Gasteiger partial charge in [0.25, 0.3) is 5.91 Å². The smallest absolute Gasteiger partial charge is 0.269 e. The lowest BCUT2D eigenvalue weighted by atomic mass is 9.99. The van der Waals surface area contributed by atoms with Crippen molar-refractivity contribution in [1.29, 1.82) is 0 Å². The number of hydrogen-bond acceptors (Lipinski definition) is 6. The lowest BCUT2D eigenvalue weighted by Gasteiger charge is -2.28. The summed E-state index contributed by atoms with van der Waals surface area (Å²) in [5.41, 5.74) is 3.35. The van der Waals surface area contributed by atoms with Gasteiger partial charge in [-0.25, -0.2) is 0 Å². The average Bonchev–Trinajstić information content (AvgIpc) is 2.99. The molecule has 0 radical (unpaired) electrons. The first-order chi connectivity index (χ1) is 12.1. The number of rotatable bonds is 5. The zero-order chi connectivity index (χ0) is 17.8. The van der Waals surface area contributed by atoms with Crippen LogP contribution in [0.5, 0.6) is 0 Å². The first-order valence-corrected chi connectivity index (χ1v) is 8.56. The number of pyridine rings is 1. The highest BCUT2D eigenvalue weighted by Gasteiger charge is 2.18. The molecule has 0 spiro atoms. The van der Waals surface area contributed by atoms with Crippen LogP contribution in [0.4, 0.5) is 5.69 Å². The van der Waals surface area contributed by atoms with E-state index in [4.69, 9.17) is 9.26 Å². The number of hydrogen-bond donors (Lipinski definition) is 1. The molecule has 1 aliphatic rings. The summed E-state index contributed by atoms with van der Waals surface area (Å²) in [5, 5.41) is 6.93. The van der Waals surface area contributed by atoms with Crippen LogP contribution in [-0.2, 0) is 4.74 Å². The molecule has 0 bridgehead atoms. The van der Waals surface area contributed by atoms with E-state index in [2.05, 4.69) is 20.4 Å². The maximum absolute atomic E-state index is 12.5. The third kappa shape index (κ3) is 3.99. The molecular formula is C18H24N4O3. The second-order valence-corrected chi connectivity index (χ2v) is 6.35. The van der Waals surface area contributed by atoms with Crippen molar-refractivity contribution in [3.05, 3.63) is 41.0 Å². The summed E-state index contributed by atoms with van der Waals surface area (Å²) < 4.78 is 10.6. The molecule has 0 unspecified atom stereocenters. The van der Waals surface area contributed by atoms with Crippen LogP contribution in [0.3, 0.4) is 0 Å². The topological polar surface area (TPSA) is 80.5 Å². The van der Waals surface area contributed by atoms with E-state index in [9.17, 15) is 4.79 Å². The SMILES string of the molecule is Cc1noc(C)c1[C@H](C)CNC(=O)c1cc(N2CCOCC2)ccn1. The van der Waals surface area contributed by atoms with E-state index in [1.807, 2.05) is 32.9 Å². The van der Waals surface area contributed by atoms with Crippen molar-refractivity contribution in [2.45, 2.75) is 26.7 Å². The molecule has 1 amide bonds. The van der Waals surface area contributed by atoms with Crippen LogP contribution in [0.1, 0.15) is 40.3 Å². The highest BCUT2D eigenvalue weighted by atomic mass is 16.5. The molecule has 134 valence electrons. The second kappa shape index (κ2) is 7.65. The van der Waals surface area contributed by atoms with Gasteiger partial charge >= 0.3 is 0 Å². The van der Waals surface area contributed by atoms with Gasteiger partial charge in [0.2, 0.25) is 0 Å². The van der Waals surface area contributed by atoms with E-state index in [1.165, 1.54) is 0 Å². The molecule has 3 heterocycles. The Labute approximate surface area is 147 Å². The van der Waals surface area contributed by atoms with Gasteiger partial charge in [-0.05, 0) is 26.0 Å². The molecular weight excluding hydrogens is 320 g/mol. The maximum atomic E-state index is 12.5. The van der Waals surface area contributed by atoms with Gasteiger partial charge in [-0.1, -0.05) is 12.1 Å². The Balaban J connectivity index is 1.63. The van der Waals surface area contributed by atoms with E-state index < -0.39 is 0 Å². The fourth-order valence-electron chi connectivity index (χ4n) is 3.19. The van der Waals surface area contributed by atoms with E-state index in [0.29, 0.717) is 25.5 Å². The number of ether oxygens (including phenoxy) is 1. The number of aryl methyl sites for hydroxylation is 2. The minimum atomic E-state index is -0.172. The van der Waals surface area contributed by atoms with Crippen LogP contribution in [0.15, 0.2) is 22.9 Å². The van der Waals surface area contributed by atoms with Crippen LogP contribution in [-0.4, -0.2) is 48.9 Å². The largest absolute Gasteiger partial charge is 0.378 e. The van der Waals surface area contributed by atoms with Crippen molar-refractivity contribution in [3.63, 3.8) is 0 Å². The van der Waals surface area contributed by atoms with Gasteiger partial charge in [-0.2, -0.15) is 0 Å². The molecule has 1 aliphatic heterocycles. The Bertz CT molecular complexity index is 718. The standard InChI is InChI=1S/C18H24N4O3/c1-12(17-13(2)21-25-14(17)3)11-20-18(23)16-10-15(4-5-19-16)22-6-8-24-9-7-22/h4-5,10,12H,6-9,11H2,1-3H3,(H,20,23)/t12-/m1/s1. The first kappa shape index (κ1) is 17.4. The fraction of sp³-hybridized carbons (Fsp3) is 0.500. The highest BCUT2D eigenvalue weighted by Crippen LogP contribution is 2.22. The Morgan fingerprint density at radius 1 is 1.36 bits per heavy atom. The fourth-order valence-corrected chi connectivity index (χ4v) is 3.19. The Kier molecular flexibility index (Phi) is 5.33. The number of nitrogens with zero attached hydrogens (tertiary/aromatic N) is 3. The van der Waals surface area contributed by atoms with Crippen LogP contribution in [0, 0.1) is 13.8 Å². The molecule has 1 fully saturated rings. The van der Waals surface area contributed by atoms with Gasteiger partial charge in [0.1, 0.15) is 11.5 Å². The Morgan fingerprint density at radius 2 is 2.12 bits per heavy atom. The minimum absolute atomic E-state index is 0.123. The van der Waals surface area contributed by atoms with Gasteiger partial charge in [-0.15, -0.1) is 0 Å². The monoisotopic (exact) mass is 344 g/mol. The zero-order valence-electron chi connectivity index (χ0n) is 14.9. The summed E-state index contributed by atoms with van der Waals surface area (Å²) in [7, 11) is 0.